The van der Waals surface area contributed by atoms with Crippen molar-refractivity contribution < 1.29 is 0 Å². The molecule has 104 valence electrons. The van der Waals surface area contributed by atoms with E-state index in [9.17, 15) is 0 Å². The molecule has 0 bridgehead atoms. The minimum absolute atomic E-state index is 1.03. The highest BCUT2D eigenvalue weighted by Gasteiger charge is 1.91. The average molecular weight is 264 g/mol. The quantitative estimate of drug-likeness (QED) is 0.617. The summed E-state index contributed by atoms with van der Waals surface area (Å²) in [5.41, 5.74) is 5.11. The Morgan fingerprint density at radius 1 is 0.900 bits per heavy atom. The van der Waals surface area contributed by atoms with Crippen LogP contribution >= 0.6 is 0 Å². The summed E-state index contributed by atoms with van der Waals surface area (Å²) in [5, 5.41) is 0. The maximum atomic E-state index is 3.94. The van der Waals surface area contributed by atoms with E-state index in [1.54, 1.807) is 0 Å². The van der Waals surface area contributed by atoms with E-state index in [0.717, 1.165) is 6.42 Å². The van der Waals surface area contributed by atoms with Crippen LogP contribution in [0.2, 0.25) is 0 Å². The standard InChI is InChI=1S/2C10H12/c2*1-3-9(2)10-7-5-4-6-8-10/h3-8H,1-2H3;4-8H,2-3H2,1H3. The summed E-state index contributed by atoms with van der Waals surface area (Å²) >= 11 is 0. The first kappa shape index (κ1) is 16.0. The molecule has 0 radical (unpaired) electrons. The van der Waals surface area contributed by atoms with Gasteiger partial charge in [-0.05, 0) is 42.5 Å². The second-order valence-electron chi connectivity index (χ2n) is 4.66. The summed E-state index contributed by atoms with van der Waals surface area (Å²) in [6.07, 6.45) is 3.15. The number of allylic oxidation sites excluding steroid dienone is 3. The van der Waals surface area contributed by atoms with Crippen molar-refractivity contribution in [3.63, 3.8) is 0 Å². The predicted octanol–water partition coefficient (Wildman–Crippen LogP) is 6.22. The van der Waals surface area contributed by atoms with E-state index in [0.29, 0.717) is 0 Å². The van der Waals surface area contributed by atoms with Crippen molar-refractivity contribution in [1.82, 2.24) is 0 Å². The van der Waals surface area contributed by atoms with Gasteiger partial charge in [0, 0.05) is 0 Å². The number of rotatable bonds is 3. The molecule has 2 aromatic carbocycles. The van der Waals surface area contributed by atoms with Crippen molar-refractivity contribution in [1.29, 1.82) is 0 Å². The molecule has 0 saturated heterocycles. The molecule has 0 nitrogen and oxygen atoms in total. The zero-order valence-electron chi connectivity index (χ0n) is 12.8. The van der Waals surface area contributed by atoms with Crippen LogP contribution in [0.3, 0.4) is 0 Å². The highest BCUT2D eigenvalue weighted by atomic mass is 14.0. The van der Waals surface area contributed by atoms with Crippen LogP contribution in [0.4, 0.5) is 0 Å². The van der Waals surface area contributed by atoms with E-state index in [1.807, 2.05) is 24.3 Å². The Labute approximate surface area is 123 Å². The van der Waals surface area contributed by atoms with Gasteiger partial charge in [-0.1, -0.05) is 80.2 Å². The molecule has 0 heterocycles. The Morgan fingerprint density at radius 2 is 1.35 bits per heavy atom. The molecule has 20 heavy (non-hydrogen) atoms. The fourth-order valence-electron chi connectivity index (χ4n) is 1.75. The van der Waals surface area contributed by atoms with Gasteiger partial charge in [-0.2, -0.15) is 0 Å². The third-order valence-electron chi connectivity index (χ3n) is 3.27. The third-order valence-corrected chi connectivity index (χ3v) is 3.27. The highest BCUT2D eigenvalue weighted by molar-refractivity contribution is 5.63. The largest absolute Gasteiger partial charge is 0.0952 e. The summed E-state index contributed by atoms with van der Waals surface area (Å²) in [6.45, 7) is 10.2. The number of hydrogen-bond donors (Lipinski definition) is 0. The van der Waals surface area contributed by atoms with Gasteiger partial charge < -0.3 is 0 Å². The van der Waals surface area contributed by atoms with Gasteiger partial charge in [-0.15, -0.1) is 0 Å². The summed E-state index contributed by atoms with van der Waals surface area (Å²) in [5.74, 6) is 0. The first-order chi connectivity index (χ1) is 9.69. The third kappa shape index (κ3) is 5.27. The van der Waals surface area contributed by atoms with E-state index in [2.05, 4.69) is 69.8 Å². The maximum absolute atomic E-state index is 3.94. The van der Waals surface area contributed by atoms with Crippen molar-refractivity contribution in [2.45, 2.75) is 27.2 Å². The smallest absolute Gasteiger partial charge is 0.0231 e. The molecule has 0 aliphatic carbocycles. The zero-order valence-corrected chi connectivity index (χ0v) is 12.8. The molecule has 0 heteroatoms. The molecule has 2 rings (SSSR count). The molecule has 0 aromatic heterocycles. The van der Waals surface area contributed by atoms with Gasteiger partial charge in [0.1, 0.15) is 0 Å². The number of benzene rings is 2. The molecule has 2 aromatic rings. The summed E-state index contributed by atoms with van der Waals surface area (Å²) in [7, 11) is 0. The first-order valence-electron chi connectivity index (χ1n) is 7.10. The predicted molar refractivity (Wildman–Crippen MR) is 91.5 cm³/mol. The number of hydrogen-bond acceptors (Lipinski definition) is 0. The molecule has 0 spiro atoms. The molecule has 0 saturated carbocycles. The highest BCUT2D eigenvalue weighted by Crippen LogP contribution is 2.13. The van der Waals surface area contributed by atoms with Crippen LogP contribution in [-0.2, 0) is 0 Å². The second-order valence-corrected chi connectivity index (χ2v) is 4.66. The topological polar surface area (TPSA) is 0 Å². The lowest BCUT2D eigenvalue weighted by molar-refractivity contribution is 1.24. The molecule has 0 atom stereocenters. The molecular weight excluding hydrogens is 240 g/mol. The monoisotopic (exact) mass is 264 g/mol. The molecule has 0 N–H and O–H groups in total. The Bertz CT molecular complexity index is 533. The van der Waals surface area contributed by atoms with Crippen LogP contribution in [0.15, 0.2) is 73.3 Å². The van der Waals surface area contributed by atoms with Crippen LogP contribution in [-0.4, -0.2) is 0 Å². The fraction of sp³-hybridized carbons (Fsp3) is 0.200. The van der Waals surface area contributed by atoms with Crippen molar-refractivity contribution in [3.8, 4) is 0 Å². The lowest BCUT2D eigenvalue weighted by Gasteiger charge is -1.99. The van der Waals surface area contributed by atoms with Crippen LogP contribution in [0, 0.1) is 0 Å². The molecule has 0 fully saturated rings. The summed E-state index contributed by atoms with van der Waals surface area (Å²) in [4.78, 5) is 0. The fourth-order valence-corrected chi connectivity index (χ4v) is 1.75. The molecule has 0 aliphatic rings. The Hall–Kier alpha value is -2.08. The average Bonchev–Trinajstić information content (AvgIpc) is 2.55. The van der Waals surface area contributed by atoms with Gasteiger partial charge in [0.2, 0.25) is 0 Å². The molecular formula is C20H24. The summed E-state index contributed by atoms with van der Waals surface area (Å²) < 4.78 is 0. The van der Waals surface area contributed by atoms with E-state index >= 15 is 0 Å². The normalized spacial score (nSPS) is 10.4. The van der Waals surface area contributed by atoms with Gasteiger partial charge >= 0.3 is 0 Å². The van der Waals surface area contributed by atoms with Crippen molar-refractivity contribution in [3.05, 3.63) is 84.4 Å². The van der Waals surface area contributed by atoms with E-state index < -0.39 is 0 Å². The minimum Gasteiger partial charge on any atom is -0.0952 e. The van der Waals surface area contributed by atoms with Crippen LogP contribution < -0.4 is 0 Å². The zero-order chi connectivity index (χ0) is 14.8. The van der Waals surface area contributed by atoms with Crippen molar-refractivity contribution >= 4 is 11.1 Å². The van der Waals surface area contributed by atoms with Gasteiger partial charge in [0.15, 0.2) is 0 Å². The van der Waals surface area contributed by atoms with Gasteiger partial charge in [0.05, 0.1) is 0 Å². The lowest BCUT2D eigenvalue weighted by atomic mass is 10.1. The van der Waals surface area contributed by atoms with Gasteiger partial charge in [-0.25, -0.2) is 0 Å². The summed E-state index contributed by atoms with van der Waals surface area (Å²) in [6, 6.07) is 20.7. The molecule has 0 aliphatic heterocycles. The minimum atomic E-state index is 1.03. The van der Waals surface area contributed by atoms with Gasteiger partial charge in [0.25, 0.3) is 0 Å². The SMILES string of the molecule is C=C(CC)c1ccccc1.CC=C(C)c1ccccc1. The van der Waals surface area contributed by atoms with Crippen LogP contribution in [0.5, 0.6) is 0 Å². The molecule has 0 unspecified atom stereocenters. The van der Waals surface area contributed by atoms with Crippen LogP contribution in [0.25, 0.3) is 11.1 Å². The van der Waals surface area contributed by atoms with E-state index in [4.69, 9.17) is 0 Å². The Kier molecular flexibility index (Phi) is 7.13. The van der Waals surface area contributed by atoms with E-state index in [-0.39, 0.29) is 0 Å². The maximum Gasteiger partial charge on any atom is -0.0231 e. The van der Waals surface area contributed by atoms with Crippen molar-refractivity contribution in [2.75, 3.05) is 0 Å². The van der Waals surface area contributed by atoms with Crippen LogP contribution in [0.1, 0.15) is 38.3 Å². The lowest BCUT2D eigenvalue weighted by Crippen LogP contribution is -1.77. The Balaban J connectivity index is 0.000000200. The second kappa shape index (κ2) is 8.92. The van der Waals surface area contributed by atoms with Crippen molar-refractivity contribution in [2.24, 2.45) is 0 Å². The van der Waals surface area contributed by atoms with E-state index in [1.165, 1.54) is 22.3 Å². The molecule has 0 amide bonds. The Morgan fingerprint density at radius 3 is 1.75 bits per heavy atom. The first-order valence-corrected chi connectivity index (χ1v) is 7.10. The van der Waals surface area contributed by atoms with Gasteiger partial charge in [-0.3, -0.25) is 0 Å².